The minimum Gasteiger partial charge on any atom is -0.478 e. The van der Waals surface area contributed by atoms with Crippen molar-refractivity contribution in [3.05, 3.63) is 76.4 Å². The molecule has 2 aromatic rings. The van der Waals surface area contributed by atoms with Gasteiger partial charge in [-0.2, -0.15) is 13.2 Å². The highest BCUT2D eigenvalue weighted by Crippen LogP contribution is 2.53. The maximum Gasteiger partial charge on any atom is 0.416 e. The molecule has 0 bridgehead atoms. The number of anilines is 1. The summed E-state index contributed by atoms with van der Waals surface area (Å²) in [5, 5.41) is 12.8. The van der Waals surface area contributed by atoms with E-state index in [9.17, 15) is 23.1 Å². The monoisotopic (exact) mass is 373 g/mol. The first kappa shape index (κ1) is 17.6. The van der Waals surface area contributed by atoms with E-state index >= 15 is 0 Å². The van der Waals surface area contributed by atoms with Gasteiger partial charge in [-0.15, -0.1) is 0 Å². The second kappa shape index (κ2) is 6.15. The highest BCUT2D eigenvalue weighted by molar-refractivity contribution is 5.93. The van der Waals surface area contributed by atoms with Gasteiger partial charge in [0.15, 0.2) is 0 Å². The summed E-state index contributed by atoms with van der Waals surface area (Å²) in [7, 11) is 0. The average molecular weight is 373 g/mol. The Balaban J connectivity index is 1.90. The molecule has 0 saturated heterocycles. The van der Waals surface area contributed by atoms with Gasteiger partial charge in [-0.25, -0.2) is 4.79 Å². The molecule has 2 aromatic carbocycles. The number of aromatic carboxylic acids is 1. The zero-order valence-electron chi connectivity index (χ0n) is 14.5. The molecule has 0 amide bonds. The average Bonchev–Trinajstić information content (AvgIpc) is 3.10. The lowest BCUT2D eigenvalue weighted by Gasteiger charge is -2.39. The molecule has 140 valence electrons. The molecule has 0 aromatic heterocycles. The Labute approximate surface area is 154 Å². The molecule has 0 spiro atoms. The number of benzene rings is 2. The molecule has 3 atom stereocenters. The van der Waals surface area contributed by atoms with E-state index in [0.29, 0.717) is 17.7 Å². The summed E-state index contributed by atoms with van der Waals surface area (Å²) in [4.78, 5) is 11.7. The van der Waals surface area contributed by atoms with Gasteiger partial charge in [-0.05, 0) is 48.1 Å². The van der Waals surface area contributed by atoms with Crippen molar-refractivity contribution in [2.24, 2.45) is 5.92 Å². The van der Waals surface area contributed by atoms with E-state index < -0.39 is 23.8 Å². The number of halogens is 3. The van der Waals surface area contributed by atoms with Crippen molar-refractivity contribution in [3.8, 4) is 0 Å². The van der Waals surface area contributed by atoms with E-state index in [4.69, 9.17) is 0 Å². The van der Waals surface area contributed by atoms with Crippen LogP contribution >= 0.6 is 0 Å². The van der Waals surface area contributed by atoms with E-state index in [1.54, 1.807) is 18.2 Å². The fourth-order valence-corrected chi connectivity index (χ4v) is 4.38. The molecule has 2 aliphatic rings. The summed E-state index contributed by atoms with van der Waals surface area (Å²) in [5.74, 6) is -1.42. The Morgan fingerprint density at radius 3 is 2.63 bits per heavy atom. The molecule has 3 nitrogen and oxygen atoms in total. The number of hydrogen-bond acceptors (Lipinski definition) is 2. The second-order valence-electron chi connectivity index (χ2n) is 7.08. The molecule has 0 radical (unpaired) electrons. The maximum atomic E-state index is 13.6. The van der Waals surface area contributed by atoms with Crippen molar-refractivity contribution in [1.82, 2.24) is 0 Å². The maximum absolute atomic E-state index is 13.6. The van der Waals surface area contributed by atoms with Crippen LogP contribution in [0.5, 0.6) is 0 Å². The van der Waals surface area contributed by atoms with Crippen molar-refractivity contribution >= 4 is 11.7 Å². The molecule has 4 rings (SSSR count). The number of carboxylic acids is 1. The van der Waals surface area contributed by atoms with Gasteiger partial charge in [0.2, 0.25) is 0 Å². The van der Waals surface area contributed by atoms with E-state index in [-0.39, 0.29) is 23.0 Å². The first-order valence-corrected chi connectivity index (χ1v) is 8.75. The fourth-order valence-electron chi connectivity index (χ4n) is 4.38. The van der Waals surface area contributed by atoms with Gasteiger partial charge in [0.25, 0.3) is 0 Å². The Morgan fingerprint density at radius 1 is 1.19 bits per heavy atom. The number of alkyl halides is 3. The molecular formula is C21H18F3NO2. The normalized spacial score (nSPS) is 23.5. The number of rotatable bonds is 2. The Bertz CT molecular complexity index is 949. The third-order valence-electron chi connectivity index (χ3n) is 5.56. The number of aryl methyl sites for hydroxylation is 1. The fraction of sp³-hybridized carbons (Fsp3) is 0.286. The zero-order chi connectivity index (χ0) is 19.3. The molecule has 1 heterocycles. The predicted octanol–water partition coefficient (Wildman–Crippen LogP) is 5.54. The minimum absolute atomic E-state index is 0.166. The molecule has 27 heavy (non-hydrogen) atoms. The molecule has 0 saturated carbocycles. The van der Waals surface area contributed by atoms with Gasteiger partial charge in [0.1, 0.15) is 0 Å². The van der Waals surface area contributed by atoms with Crippen LogP contribution < -0.4 is 5.32 Å². The van der Waals surface area contributed by atoms with E-state index in [2.05, 4.69) is 5.32 Å². The summed E-state index contributed by atoms with van der Waals surface area (Å²) < 4.78 is 40.7. The third kappa shape index (κ3) is 2.80. The smallest absolute Gasteiger partial charge is 0.416 e. The van der Waals surface area contributed by atoms with Crippen LogP contribution in [0, 0.1) is 12.8 Å². The zero-order valence-corrected chi connectivity index (χ0v) is 14.5. The molecule has 1 aliphatic carbocycles. The van der Waals surface area contributed by atoms with Gasteiger partial charge in [0, 0.05) is 11.6 Å². The van der Waals surface area contributed by atoms with Crippen LogP contribution in [0.1, 0.15) is 51.0 Å². The lowest BCUT2D eigenvalue weighted by molar-refractivity contribution is -0.138. The lowest BCUT2D eigenvalue weighted by atomic mass is 9.74. The van der Waals surface area contributed by atoms with Crippen LogP contribution in [0.15, 0.2) is 48.6 Å². The summed E-state index contributed by atoms with van der Waals surface area (Å²) in [5.41, 5.74) is 1.88. The molecule has 6 heteroatoms. The molecule has 1 aliphatic heterocycles. The number of allylic oxidation sites excluding steroid dienone is 2. The van der Waals surface area contributed by atoms with Crippen molar-refractivity contribution in [3.63, 3.8) is 0 Å². The quantitative estimate of drug-likeness (QED) is 0.680. The van der Waals surface area contributed by atoms with Gasteiger partial charge < -0.3 is 10.4 Å². The first-order valence-electron chi connectivity index (χ1n) is 8.75. The van der Waals surface area contributed by atoms with Gasteiger partial charge in [-0.3, -0.25) is 0 Å². The summed E-state index contributed by atoms with van der Waals surface area (Å²) in [6.07, 6.45) is 0.0156. The third-order valence-corrected chi connectivity index (χ3v) is 5.56. The van der Waals surface area contributed by atoms with Crippen LogP contribution in [0.4, 0.5) is 18.9 Å². The Hall–Kier alpha value is -2.76. The number of nitrogens with one attached hydrogen (secondary N) is 1. The molecular weight excluding hydrogens is 355 g/mol. The van der Waals surface area contributed by atoms with Crippen molar-refractivity contribution in [2.45, 2.75) is 31.5 Å². The number of carboxylic acid groups (broad SMARTS) is 1. The van der Waals surface area contributed by atoms with E-state index in [1.807, 2.05) is 19.1 Å². The summed E-state index contributed by atoms with van der Waals surface area (Å²) >= 11 is 0. The topological polar surface area (TPSA) is 49.3 Å². The molecule has 2 N–H and O–H groups in total. The standard InChI is InChI=1S/C21H18F3NO2/c1-11-9-10-15(20(26)27)17-12-6-4-7-13(12)19(25-18(11)17)14-5-2-3-8-16(14)21(22,23)24/h2-6,8-10,12-13,19,25H,7H2,1H3,(H,26,27)/t12-,13-,19-/m0/s1. The highest BCUT2D eigenvalue weighted by atomic mass is 19.4. The Morgan fingerprint density at radius 2 is 1.93 bits per heavy atom. The van der Waals surface area contributed by atoms with Gasteiger partial charge in [0.05, 0.1) is 17.2 Å². The van der Waals surface area contributed by atoms with Crippen molar-refractivity contribution in [1.29, 1.82) is 0 Å². The van der Waals surface area contributed by atoms with Crippen LogP contribution in [0.25, 0.3) is 0 Å². The van der Waals surface area contributed by atoms with Crippen LogP contribution in [-0.4, -0.2) is 11.1 Å². The van der Waals surface area contributed by atoms with Crippen LogP contribution in [0.3, 0.4) is 0 Å². The second-order valence-corrected chi connectivity index (χ2v) is 7.08. The summed E-state index contributed by atoms with van der Waals surface area (Å²) in [6, 6.07) is 8.34. The van der Waals surface area contributed by atoms with Crippen molar-refractivity contribution < 1.29 is 23.1 Å². The summed E-state index contributed by atoms with van der Waals surface area (Å²) in [6.45, 7) is 1.84. The lowest BCUT2D eigenvalue weighted by Crippen LogP contribution is -2.32. The van der Waals surface area contributed by atoms with E-state index in [1.165, 1.54) is 12.1 Å². The van der Waals surface area contributed by atoms with Crippen molar-refractivity contribution in [2.75, 3.05) is 5.32 Å². The predicted molar refractivity (Wildman–Crippen MR) is 95.9 cm³/mol. The highest BCUT2D eigenvalue weighted by Gasteiger charge is 2.43. The van der Waals surface area contributed by atoms with E-state index in [0.717, 1.165) is 11.6 Å². The largest absolute Gasteiger partial charge is 0.478 e. The van der Waals surface area contributed by atoms with Gasteiger partial charge in [-0.1, -0.05) is 36.4 Å². The molecule has 0 fully saturated rings. The Kier molecular flexibility index (Phi) is 4.02. The number of hydrogen-bond donors (Lipinski definition) is 2. The SMILES string of the molecule is Cc1ccc(C(=O)O)c2c1N[C@H](c1ccccc1C(F)(F)F)[C@H]1CC=C[C@H]21. The van der Waals surface area contributed by atoms with Gasteiger partial charge >= 0.3 is 12.1 Å². The number of carbonyl (C=O) groups is 1. The minimum atomic E-state index is -4.45. The number of fused-ring (bicyclic) bond motifs is 3. The molecule has 0 unspecified atom stereocenters. The first-order chi connectivity index (χ1) is 12.8. The van der Waals surface area contributed by atoms with Crippen LogP contribution in [0.2, 0.25) is 0 Å². The van der Waals surface area contributed by atoms with Crippen LogP contribution in [-0.2, 0) is 6.18 Å².